The number of carbonyl (C=O) groups excluding carboxylic acids is 1. The van der Waals surface area contributed by atoms with Gasteiger partial charge in [-0.3, -0.25) is 14.9 Å². The summed E-state index contributed by atoms with van der Waals surface area (Å²) in [6, 6.07) is 7.36. The molecular formula is C18H20N4O4. The highest BCUT2D eigenvalue weighted by molar-refractivity contribution is 6.05. The summed E-state index contributed by atoms with van der Waals surface area (Å²) in [6.45, 7) is 3.69. The number of nitro groups is 1. The molecule has 0 aliphatic carbocycles. The number of anilines is 2. The molecular weight excluding hydrogens is 336 g/mol. The average Bonchev–Trinajstić information content (AvgIpc) is 2.63. The highest BCUT2D eigenvalue weighted by Gasteiger charge is 2.25. The van der Waals surface area contributed by atoms with Crippen molar-refractivity contribution in [3.63, 3.8) is 0 Å². The normalized spacial score (nSPS) is 14.9. The van der Waals surface area contributed by atoms with Crippen LogP contribution in [-0.2, 0) is 0 Å². The Hall–Kier alpha value is -3.16. The molecule has 1 aromatic carbocycles. The topological polar surface area (TPSA) is 109 Å². The quantitative estimate of drug-likeness (QED) is 0.643. The van der Waals surface area contributed by atoms with Gasteiger partial charge < -0.3 is 15.3 Å². The predicted octanol–water partition coefficient (Wildman–Crippen LogP) is 3.18. The second-order valence-corrected chi connectivity index (χ2v) is 6.46. The van der Waals surface area contributed by atoms with Crippen molar-refractivity contribution < 1.29 is 14.8 Å². The van der Waals surface area contributed by atoms with Crippen LogP contribution in [0.15, 0.2) is 36.5 Å². The van der Waals surface area contributed by atoms with E-state index in [1.165, 1.54) is 24.4 Å². The monoisotopic (exact) mass is 356 g/mol. The number of hydrogen-bond donors (Lipinski definition) is 2. The van der Waals surface area contributed by atoms with Crippen molar-refractivity contribution in [2.75, 3.05) is 23.3 Å². The molecule has 136 valence electrons. The molecule has 0 atom stereocenters. The minimum absolute atomic E-state index is 0.00856. The zero-order chi connectivity index (χ0) is 18.7. The number of pyridine rings is 1. The largest absolute Gasteiger partial charge is 0.504 e. The minimum Gasteiger partial charge on any atom is -0.504 e. The lowest BCUT2D eigenvalue weighted by atomic mass is 9.98. The molecule has 1 amide bonds. The van der Waals surface area contributed by atoms with E-state index in [2.05, 4.69) is 17.2 Å². The summed E-state index contributed by atoms with van der Waals surface area (Å²) >= 11 is 0. The molecule has 0 saturated carbocycles. The molecule has 1 fully saturated rings. The van der Waals surface area contributed by atoms with Crippen LogP contribution in [0.2, 0.25) is 0 Å². The van der Waals surface area contributed by atoms with Gasteiger partial charge in [0.15, 0.2) is 11.6 Å². The van der Waals surface area contributed by atoms with Gasteiger partial charge in [-0.2, -0.15) is 0 Å². The van der Waals surface area contributed by atoms with Gasteiger partial charge in [0.05, 0.1) is 4.92 Å². The number of piperidine rings is 1. The Balaban J connectivity index is 1.85. The molecule has 2 aromatic rings. The summed E-state index contributed by atoms with van der Waals surface area (Å²) in [7, 11) is 0. The van der Waals surface area contributed by atoms with Gasteiger partial charge in [-0.1, -0.05) is 6.92 Å². The fourth-order valence-electron chi connectivity index (χ4n) is 3.00. The van der Waals surface area contributed by atoms with E-state index in [1.54, 1.807) is 12.1 Å². The molecule has 0 radical (unpaired) electrons. The second-order valence-electron chi connectivity index (χ2n) is 6.46. The molecule has 26 heavy (non-hydrogen) atoms. The number of benzene rings is 1. The molecule has 3 rings (SSSR count). The standard InChI is InChI=1S/C18H20N4O4/c1-12-6-9-21(10-7-12)14-5-4-13(11-15(14)22(25)26)18(24)20-17-16(23)3-2-8-19-17/h2-5,8,11-12,23H,6-7,9-10H2,1H3,(H,19,20,24). The van der Waals surface area contributed by atoms with Crippen molar-refractivity contribution >= 4 is 23.1 Å². The van der Waals surface area contributed by atoms with Gasteiger partial charge >= 0.3 is 0 Å². The van der Waals surface area contributed by atoms with Crippen molar-refractivity contribution in [2.24, 2.45) is 5.92 Å². The summed E-state index contributed by atoms with van der Waals surface area (Å²) < 4.78 is 0. The maximum Gasteiger partial charge on any atom is 0.293 e. The van der Waals surface area contributed by atoms with Gasteiger partial charge in [-0.15, -0.1) is 0 Å². The highest BCUT2D eigenvalue weighted by atomic mass is 16.6. The number of nitrogens with one attached hydrogen (secondary N) is 1. The third kappa shape index (κ3) is 3.74. The van der Waals surface area contributed by atoms with Gasteiger partial charge in [0, 0.05) is 30.9 Å². The molecule has 8 heteroatoms. The van der Waals surface area contributed by atoms with Gasteiger partial charge in [0.2, 0.25) is 0 Å². The Morgan fingerprint density at radius 1 is 1.35 bits per heavy atom. The van der Waals surface area contributed by atoms with Crippen LogP contribution < -0.4 is 10.2 Å². The maximum absolute atomic E-state index is 12.4. The lowest BCUT2D eigenvalue weighted by Gasteiger charge is -2.31. The van der Waals surface area contributed by atoms with E-state index in [0.717, 1.165) is 25.9 Å². The summed E-state index contributed by atoms with van der Waals surface area (Å²) in [6.07, 6.45) is 3.40. The summed E-state index contributed by atoms with van der Waals surface area (Å²) in [5.41, 5.74) is 0.562. The zero-order valence-corrected chi connectivity index (χ0v) is 14.4. The predicted molar refractivity (Wildman–Crippen MR) is 97.6 cm³/mol. The van der Waals surface area contributed by atoms with Crippen molar-refractivity contribution in [3.05, 3.63) is 52.2 Å². The Labute approximate surface area is 150 Å². The van der Waals surface area contributed by atoms with Crippen molar-refractivity contribution in [1.29, 1.82) is 0 Å². The first-order valence-corrected chi connectivity index (χ1v) is 8.44. The van der Waals surface area contributed by atoms with Crippen LogP contribution >= 0.6 is 0 Å². The van der Waals surface area contributed by atoms with Crippen LogP contribution in [0.4, 0.5) is 17.2 Å². The molecule has 1 aliphatic rings. The molecule has 8 nitrogen and oxygen atoms in total. The van der Waals surface area contributed by atoms with E-state index in [1.807, 2.05) is 4.90 Å². The number of carbonyl (C=O) groups is 1. The van der Waals surface area contributed by atoms with E-state index in [-0.39, 0.29) is 22.8 Å². The van der Waals surface area contributed by atoms with Gasteiger partial charge in [-0.25, -0.2) is 4.98 Å². The molecule has 2 N–H and O–H groups in total. The average molecular weight is 356 g/mol. The number of rotatable bonds is 4. The number of nitro benzene ring substituents is 1. The Kier molecular flexibility index (Phi) is 5.01. The Morgan fingerprint density at radius 3 is 2.73 bits per heavy atom. The summed E-state index contributed by atoms with van der Waals surface area (Å²) in [5, 5.41) is 23.7. The van der Waals surface area contributed by atoms with Crippen molar-refractivity contribution in [1.82, 2.24) is 4.98 Å². The van der Waals surface area contributed by atoms with E-state index < -0.39 is 10.8 Å². The number of hydrogen-bond acceptors (Lipinski definition) is 6. The number of aromatic nitrogens is 1. The number of aromatic hydroxyl groups is 1. The zero-order valence-electron chi connectivity index (χ0n) is 14.4. The van der Waals surface area contributed by atoms with Crippen LogP contribution in [0.1, 0.15) is 30.1 Å². The molecule has 1 aliphatic heterocycles. The molecule has 0 spiro atoms. The van der Waals surface area contributed by atoms with E-state index in [4.69, 9.17) is 0 Å². The lowest BCUT2D eigenvalue weighted by Crippen LogP contribution is -2.33. The summed E-state index contributed by atoms with van der Waals surface area (Å²) in [4.78, 5) is 29.3. The Morgan fingerprint density at radius 2 is 2.08 bits per heavy atom. The summed E-state index contributed by atoms with van der Waals surface area (Å²) in [5.74, 6) is -0.119. The lowest BCUT2D eigenvalue weighted by molar-refractivity contribution is -0.384. The van der Waals surface area contributed by atoms with E-state index in [9.17, 15) is 20.0 Å². The van der Waals surface area contributed by atoms with Gasteiger partial charge in [0.1, 0.15) is 5.69 Å². The van der Waals surface area contributed by atoms with Gasteiger partial charge in [0.25, 0.3) is 11.6 Å². The third-order valence-electron chi connectivity index (χ3n) is 4.58. The molecule has 0 unspecified atom stereocenters. The van der Waals surface area contributed by atoms with Crippen molar-refractivity contribution in [2.45, 2.75) is 19.8 Å². The van der Waals surface area contributed by atoms with Gasteiger partial charge in [-0.05, 0) is 43.0 Å². The first kappa shape index (κ1) is 17.7. The number of nitrogens with zero attached hydrogens (tertiary/aromatic N) is 3. The fraction of sp³-hybridized carbons (Fsp3) is 0.333. The highest BCUT2D eigenvalue weighted by Crippen LogP contribution is 2.32. The molecule has 1 saturated heterocycles. The van der Waals surface area contributed by atoms with Crippen LogP contribution in [0.3, 0.4) is 0 Å². The van der Waals surface area contributed by atoms with Crippen LogP contribution in [-0.4, -0.2) is 34.0 Å². The van der Waals surface area contributed by atoms with Crippen LogP contribution in [0, 0.1) is 16.0 Å². The first-order valence-electron chi connectivity index (χ1n) is 8.44. The third-order valence-corrected chi connectivity index (χ3v) is 4.58. The number of amides is 1. The van der Waals surface area contributed by atoms with Crippen LogP contribution in [0.5, 0.6) is 5.75 Å². The van der Waals surface area contributed by atoms with E-state index >= 15 is 0 Å². The van der Waals surface area contributed by atoms with E-state index in [0.29, 0.717) is 11.6 Å². The van der Waals surface area contributed by atoms with Crippen molar-refractivity contribution in [3.8, 4) is 5.75 Å². The fourth-order valence-corrected chi connectivity index (χ4v) is 3.00. The second kappa shape index (κ2) is 7.38. The minimum atomic E-state index is -0.569. The van der Waals surface area contributed by atoms with Crippen LogP contribution in [0.25, 0.3) is 0 Å². The smallest absolute Gasteiger partial charge is 0.293 e. The first-order chi connectivity index (χ1) is 12.5. The Bertz CT molecular complexity index is 832. The maximum atomic E-state index is 12.4. The molecule has 0 bridgehead atoms. The molecule has 1 aromatic heterocycles. The molecule has 2 heterocycles. The SMILES string of the molecule is CC1CCN(c2ccc(C(=O)Nc3ncccc3O)cc2[N+](=O)[O-])CC1.